The summed E-state index contributed by atoms with van der Waals surface area (Å²) >= 11 is 0. The van der Waals surface area contributed by atoms with Crippen LogP contribution < -0.4 is 10.1 Å². The van der Waals surface area contributed by atoms with Gasteiger partial charge in [0, 0.05) is 12.1 Å². The summed E-state index contributed by atoms with van der Waals surface area (Å²) in [7, 11) is 0. The molecule has 0 heterocycles. The van der Waals surface area contributed by atoms with E-state index in [1.54, 1.807) is 11.8 Å². The summed E-state index contributed by atoms with van der Waals surface area (Å²) < 4.78 is 5.75. The van der Waals surface area contributed by atoms with Crippen LogP contribution in [0.25, 0.3) is 0 Å². The fourth-order valence-corrected chi connectivity index (χ4v) is 3.24. The van der Waals surface area contributed by atoms with Crippen LogP contribution in [0.2, 0.25) is 0 Å². The van der Waals surface area contributed by atoms with Gasteiger partial charge in [-0.1, -0.05) is 55.8 Å². The number of hydrogen-bond donors (Lipinski definition) is 1. The zero-order valence-electron chi connectivity index (χ0n) is 19.9. The molecule has 0 radical (unpaired) electrons. The third-order valence-electron chi connectivity index (χ3n) is 5.01. The molecule has 1 atom stereocenters. The second-order valence-electron chi connectivity index (χ2n) is 9.44. The number of amides is 2. The molecule has 2 aromatic carbocycles. The van der Waals surface area contributed by atoms with Crippen LogP contribution in [0.15, 0.2) is 48.5 Å². The molecule has 0 aliphatic rings. The monoisotopic (exact) mass is 424 g/mol. The number of carbonyl (C=O) groups is 2. The highest BCUT2D eigenvalue weighted by atomic mass is 16.5. The Hall–Kier alpha value is -2.82. The molecule has 2 amide bonds. The quantitative estimate of drug-likeness (QED) is 0.660. The van der Waals surface area contributed by atoms with E-state index in [1.165, 1.54) is 5.56 Å². The van der Waals surface area contributed by atoms with Crippen LogP contribution in [0.4, 0.5) is 0 Å². The number of rotatable bonds is 8. The van der Waals surface area contributed by atoms with Crippen LogP contribution in [0, 0.1) is 6.92 Å². The van der Waals surface area contributed by atoms with Crippen molar-refractivity contribution in [3.05, 3.63) is 65.2 Å². The van der Waals surface area contributed by atoms with Crippen LogP contribution in [-0.2, 0) is 16.1 Å². The number of aryl methyl sites for hydroxylation is 1. The SMILES string of the molecule is Cc1cccc(CN(C(=O)COc2ccc(C(C)C)cc2)C(C)C(=O)NC(C)(C)C)c1. The number of benzene rings is 2. The standard InChI is InChI=1S/C26H36N2O3/c1-18(2)22-11-13-23(14-12-22)31-17-24(29)28(16-21-10-8-9-19(3)15-21)20(4)25(30)27-26(5,6)7/h8-15,18,20H,16-17H2,1-7H3,(H,27,30). The van der Waals surface area contributed by atoms with E-state index >= 15 is 0 Å². The van der Waals surface area contributed by atoms with Crippen molar-refractivity contribution in [2.45, 2.75) is 72.5 Å². The van der Waals surface area contributed by atoms with Crippen molar-refractivity contribution in [2.75, 3.05) is 6.61 Å². The van der Waals surface area contributed by atoms with Gasteiger partial charge >= 0.3 is 0 Å². The number of nitrogens with one attached hydrogen (secondary N) is 1. The van der Waals surface area contributed by atoms with E-state index in [9.17, 15) is 9.59 Å². The van der Waals surface area contributed by atoms with E-state index in [0.29, 0.717) is 18.2 Å². The zero-order valence-corrected chi connectivity index (χ0v) is 19.9. The van der Waals surface area contributed by atoms with Crippen LogP contribution in [0.5, 0.6) is 5.75 Å². The van der Waals surface area contributed by atoms with Crippen LogP contribution >= 0.6 is 0 Å². The van der Waals surface area contributed by atoms with Gasteiger partial charge in [-0.2, -0.15) is 0 Å². The Morgan fingerprint density at radius 1 is 1.03 bits per heavy atom. The lowest BCUT2D eigenvalue weighted by Gasteiger charge is -2.31. The van der Waals surface area contributed by atoms with Gasteiger partial charge < -0.3 is 15.0 Å². The summed E-state index contributed by atoms with van der Waals surface area (Å²) in [5.41, 5.74) is 2.92. The highest BCUT2D eigenvalue weighted by Gasteiger charge is 2.28. The minimum atomic E-state index is -0.626. The van der Waals surface area contributed by atoms with Crippen molar-refractivity contribution in [3.63, 3.8) is 0 Å². The molecule has 0 bridgehead atoms. The molecule has 168 valence electrons. The normalized spacial score (nSPS) is 12.4. The summed E-state index contributed by atoms with van der Waals surface area (Å²) in [5.74, 6) is 0.656. The molecule has 2 aromatic rings. The summed E-state index contributed by atoms with van der Waals surface area (Å²) in [6, 6.07) is 15.1. The summed E-state index contributed by atoms with van der Waals surface area (Å²) in [6.07, 6.45) is 0. The predicted octanol–water partition coefficient (Wildman–Crippen LogP) is 4.83. The van der Waals surface area contributed by atoms with Crippen molar-refractivity contribution < 1.29 is 14.3 Å². The maximum absolute atomic E-state index is 13.1. The fraction of sp³-hybridized carbons (Fsp3) is 0.462. The van der Waals surface area contributed by atoms with Gasteiger partial charge in [0.2, 0.25) is 5.91 Å². The van der Waals surface area contributed by atoms with E-state index in [1.807, 2.05) is 76.2 Å². The lowest BCUT2D eigenvalue weighted by atomic mass is 10.0. The molecule has 1 unspecified atom stereocenters. The van der Waals surface area contributed by atoms with Gasteiger partial charge in [0.15, 0.2) is 6.61 Å². The van der Waals surface area contributed by atoms with Gasteiger partial charge in [-0.3, -0.25) is 9.59 Å². The topological polar surface area (TPSA) is 58.6 Å². The van der Waals surface area contributed by atoms with E-state index in [-0.39, 0.29) is 24.0 Å². The molecule has 0 saturated carbocycles. The lowest BCUT2D eigenvalue weighted by Crippen LogP contribution is -2.53. The Morgan fingerprint density at radius 3 is 2.23 bits per heavy atom. The first kappa shape index (κ1) is 24.4. The molecular weight excluding hydrogens is 388 g/mol. The number of carbonyl (C=O) groups excluding carboxylic acids is 2. The predicted molar refractivity (Wildman–Crippen MR) is 125 cm³/mol. The Balaban J connectivity index is 2.15. The molecule has 5 heteroatoms. The summed E-state index contributed by atoms with van der Waals surface area (Å²) in [6.45, 7) is 14.0. The summed E-state index contributed by atoms with van der Waals surface area (Å²) in [4.78, 5) is 27.5. The Labute approximate surface area is 186 Å². The van der Waals surface area contributed by atoms with E-state index in [0.717, 1.165) is 11.1 Å². The molecule has 0 aromatic heterocycles. The lowest BCUT2D eigenvalue weighted by molar-refractivity contribution is -0.142. The number of hydrogen-bond acceptors (Lipinski definition) is 3. The van der Waals surface area contributed by atoms with Gasteiger partial charge in [0.1, 0.15) is 11.8 Å². The average molecular weight is 425 g/mol. The van der Waals surface area contributed by atoms with Gasteiger partial charge in [0.05, 0.1) is 0 Å². The molecule has 2 rings (SSSR count). The van der Waals surface area contributed by atoms with Crippen LogP contribution in [0.1, 0.15) is 64.2 Å². The van der Waals surface area contributed by atoms with Crippen LogP contribution in [0.3, 0.4) is 0 Å². The van der Waals surface area contributed by atoms with Gasteiger partial charge in [-0.25, -0.2) is 0 Å². The highest BCUT2D eigenvalue weighted by Crippen LogP contribution is 2.19. The van der Waals surface area contributed by atoms with Crippen molar-refractivity contribution in [3.8, 4) is 5.75 Å². The first-order chi connectivity index (χ1) is 14.5. The minimum Gasteiger partial charge on any atom is -0.484 e. The minimum absolute atomic E-state index is 0.125. The smallest absolute Gasteiger partial charge is 0.261 e. The largest absolute Gasteiger partial charge is 0.484 e. The zero-order chi connectivity index (χ0) is 23.2. The second kappa shape index (κ2) is 10.5. The first-order valence-electron chi connectivity index (χ1n) is 10.9. The molecule has 5 nitrogen and oxygen atoms in total. The molecule has 0 aliphatic heterocycles. The van der Waals surface area contributed by atoms with Gasteiger partial charge in [0.25, 0.3) is 5.91 Å². The Morgan fingerprint density at radius 2 is 1.68 bits per heavy atom. The van der Waals surface area contributed by atoms with Crippen molar-refractivity contribution in [1.29, 1.82) is 0 Å². The number of nitrogens with zero attached hydrogens (tertiary/aromatic N) is 1. The van der Waals surface area contributed by atoms with Crippen molar-refractivity contribution in [1.82, 2.24) is 10.2 Å². The second-order valence-corrected chi connectivity index (χ2v) is 9.44. The third-order valence-corrected chi connectivity index (χ3v) is 5.01. The van der Waals surface area contributed by atoms with E-state index < -0.39 is 6.04 Å². The first-order valence-corrected chi connectivity index (χ1v) is 10.9. The van der Waals surface area contributed by atoms with Crippen molar-refractivity contribution >= 4 is 11.8 Å². The van der Waals surface area contributed by atoms with E-state index in [4.69, 9.17) is 4.74 Å². The molecule has 0 fully saturated rings. The van der Waals surface area contributed by atoms with E-state index in [2.05, 4.69) is 19.2 Å². The number of ether oxygens (including phenoxy) is 1. The summed E-state index contributed by atoms with van der Waals surface area (Å²) in [5, 5.41) is 2.97. The molecule has 1 N–H and O–H groups in total. The molecule has 0 aliphatic carbocycles. The Bertz CT molecular complexity index is 882. The van der Waals surface area contributed by atoms with Crippen molar-refractivity contribution in [2.24, 2.45) is 0 Å². The Kier molecular flexibility index (Phi) is 8.26. The maximum Gasteiger partial charge on any atom is 0.261 e. The third kappa shape index (κ3) is 7.74. The highest BCUT2D eigenvalue weighted by molar-refractivity contribution is 5.88. The molecular formula is C26H36N2O3. The maximum atomic E-state index is 13.1. The molecule has 31 heavy (non-hydrogen) atoms. The molecule has 0 saturated heterocycles. The van der Waals surface area contributed by atoms with Gasteiger partial charge in [-0.15, -0.1) is 0 Å². The van der Waals surface area contributed by atoms with Crippen LogP contribution in [-0.4, -0.2) is 34.9 Å². The molecule has 0 spiro atoms. The fourth-order valence-electron chi connectivity index (χ4n) is 3.24. The average Bonchev–Trinajstić information content (AvgIpc) is 2.68. The van der Waals surface area contributed by atoms with Gasteiger partial charge in [-0.05, 0) is 63.8 Å².